The van der Waals surface area contributed by atoms with Gasteiger partial charge in [-0.25, -0.2) is 4.79 Å². The van der Waals surface area contributed by atoms with Crippen molar-refractivity contribution in [1.29, 1.82) is 0 Å². The first-order valence-corrected chi connectivity index (χ1v) is 11.2. The summed E-state index contributed by atoms with van der Waals surface area (Å²) in [7, 11) is 1.29. The molecule has 1 amide bonds. The number of anilines is 2. The summed E-state index contributed by atoms with van der Waals surface area (Å²) < 4.78 is 4.83. The van der Waals surface area contributed by atoms with Gasteiger partial charge in [0.2, 0.25) is 0 Å². The maximum absolute atomic E-state index is 12.7. The highest BCUT2D eigenvalue weighted by Gasteiger charge is 2.34. The molecule has 2 heterocycles. The van der Waals surface area contributed by atoms with Gasteiger partial charge < -0.3 is 25.0 Å². The number of methoxy groups -OCH3 is 1. The molecule has 2 aliphatic rings. The van der Waals surface area contributed by atoms with Crippen LogP contribution in [0.25, 0.3) is 0 Å². The molecule has 2 N–H and O–H groups in total. The second-order valence-corrected chi connectivity index (χ2v) is 8.22. The number of rotatable bonds is 8. The molecule has 0 radical (unpaired) electrons. The number of ether oxygens (including phenoxy) is 1. The van der Waals surface area contributed by atoms with Gasteiger partial charge in [-0.2, -0.15) is 0 Å². The van der Waals surface area contributed by atoms with E-state index in [-0.39, 0.29) is 36.9 Å². The summed E-state index contributed by atoms with van der Waals surface area (Å²) in [5.74, 6) is -0.862. The third-order valence-corrected chi connectivity index (χ3v) is 6.08. The number of carbonyl (C=O) groups excluding carboxylic acids is 2. The van der Waals surface area contributed by atoms with Crippen molar-refractivity contribution in [2.24, 2.45) is 0 Å². The van der Waals surface area contributed by atoms with Gasteiger partial charge in [0, 0.05) is 50.6 Å². The Morgan fingerprint density at radius 1 is 1.03 bits per heavy atom. The van der Waals surface area contributed by atoms with Crippen molar-refractivity contribution in [1.82, 2.24) is 9.80 Å². The largest absolute Gasteiger partial charge is 0.466 e. The van der Waals surface area contributed by atoms with Crippen LogP contribution in [0.3, 0.4) is 0 Å². The molecule has 0 bridgehead atoms. The maximum atomic E-state index is 12.7. The van der Waals surface area contributed by atoms with Gasteiger partial charge in [-0.1, -0.05) is 30.3 Å². The quantitative estimate of drug-likeness (QED) is 0.592. The van der Waals surface area contributed by atoms with Gasteiger partial charge in [-0.3, -0.25) is 9.69 Å². The fourth-order valence-electron chi connectivity index (χ4n) is 4.25. The molecule has 2 aliphatic heterocycles. The van der Waals surface area contributed by atoms with Gasteiger partial charge in [-0.05, 0) is 29.8 Å². The fourth-order valence-corrected chi connectivity index (χ4v) is 4.25. The Kier molecular flexibility index (Phi) is 7.26. The number of carbonyl (C=O) groups is 2. The number of hydrogen-bond donors (Lipinski definition) is 2. The van der Waals surface area contributed by atoms with Crippen molar-refractivity contribution in [2.45, 2.75) is 6.54 Å². The van der Waals surface area contributed by atoms with E-state index in [0.717, 1.165) is 44.1 Å². The van der Waals surface area contributed by atoms with Gasteiger partial charge in [0.1, 0.15) is 5.70 Å². The van der Waals surface area contributed by atoms with Crippen LogP contribution < -0.4 is 10.2 Å². The molecule has 1 fully saturated rings. The van der Waals surface area contributed by atoms with Crippen LogP contribution in [0.4, 0.5) is 11.4 Å². The van der Waals surface area contributed by atoms with Crippen molar-refractivity contribution in [3.05, 3.63) is 71.4 Å². The molecule has 2 aromatic carbocycles. The van der Waals surface area contributed by atoms with Gasteiger partial charge in [0.25, 0.3) is 5.91 Å². The minimum atomic E-state index is -0.545. The summed E-state index contributed by atoms with van der Waals surface area (Å²) >= 11 is 0. The number of esters is 1. The van der Waals surface area contributed by atoms with Crippen LogP contribution in [0.2, 0.25) is 0 Å². The Labute approximate surface area is 194 Å². The monoisotopic (exact) mass is 450 g/mol. The van der Waals surface area contributed by atoms with E-state index >= 15 is 0 Å². The average molecular weight is 451 g/mol. The molecule has 0 saturated carbocycles. The zero-order valence-electron chi connectivity index (χ0n) is 18.9. The van der Waals surface area contributed by atoms with Gasteiger partial charge >= 0.3 is 5.97 Å². The van der Waals surface area contributed by atoms with Crippen LogP contribution in [0.15, 0.2) is 65.9 Å². The summed E-state index contributed by atoms with van der Waals surface area (Å²) in [4.78, 5) is 31.1. The molecule has 0 aromatic heterocycles. The summed E-state index contributed by atoms with van der Waals surface area (Å²) in [6.45, 7) is 4.99. The highest BCUT2D eigenvalue weighted by Crippen LogP contribution is 2.25. The van der Waals surface area contributed by atoms with Crippen molar-refractivity contribution in [3.63, 3.8) is 0 Å². The molecule has 0 atom stereocenters. The topological polar surface area (TPSA) is 85.4 Å². The number of benzene rings is 2. The summed E-state index contributed by atoms with van der Waals surface area (Å²) in [6, 6.07) is 18.4. The average Bonchev–Trinajstić information content (AvgIpc) is 3.15. The number of β-amino-alcohol motifs (C(OH)–C–C–N with tert-alkyl or cyclic N) is 1. The standard InChI is InChI=1S/C25H30N4O4/c1-33-25(32)22-18-29(15-16-30)24(31)23(22)26-20-7-9-21(10-8-20)28-13-11-27(12-14-28)17-19-5-3-2-4-6-19/h2-10,26,30H,11-18H2,1H3. The van der Waals surface area contributed by atoms with E-state index in [0.29, 0.717) is 0 Å². The van der Waals surface area contributed by atoms with Crippen molar-refractivity contribution in [3.8, 4) is 0 Å². The lowest BCUT2D eigenvalue weighted by Gasteiger charge is -2.36. The predicted octanol–water partition coefficient (Wildman–Crippen LogP) is 1.68. The van der Waals surface area contributed by atoms with E-state index in [1.807, 2.05) is 30.3 Å². The van der Waals surface area contributed by atoms with Crippen LogP contribution in [0.5, 0.6) is 0 Å². The van der Waals surface area contributed by atoms with E-state index in [2.05, 4.69) is 39.4 Å². The number of piperazine rings is 1. The van der Waals surface area contributed by atoms with Crippen LogP contribution in [0.1, 0.15) is 5.56 Å². The molecular formula is C25H30N4O4. The molecule has 0 spiro atoms. The first kappa shape index (κ1) is 22.8. The zero-order valence-corrected chi connectivity index (χ0v) is 18.9. The number of aliphatic hydroxyl groups excluding tert-OH is 1. The smallest absolute Gasteiger partial charge is 0.337 e. The Hall–Kier alpha value is -3.36. The third-order valence-electron chi connectivity index (χ3n) is 6.08. The second-order valence-electron chi connectivity index (χ2n) is 8.22. The van der Waals surface area contributed by atoms with Crippen LogP contribution in [-0.2, 0) is 20.9 Å². The van der Waals surface area contributed by atoms with Crippen molar-refractivity contribution >= 4 is 23.3 Å². The van der Waals surface area contributed by atoms with Gasteiger partial charge in [0.15, 0.2) is 0 Å². The Morgan fingerprint density at radius 2 is 1.73 bits per heavy atom. The molecule has 33 heavy (non-hydrogen) atoms. The molecule has 0 unspecified atom stereocenters. The summed E-state index contributed by atoms with van der Waals surface area (Å²) in [6.07, 6.45) is 0. The second kappa shape index (κ2) is 10.5. The van der Waals surface area contributed by atoms with Crippen LogP contribution in [0, 0.1) is 0 Å². The molecule has 8 heteroatoms. The number of aliphatic hydroxyl groups is 1. The Balaban J connectivity index is 1.37. The minimum absolute atomic E-state index is 0.125. The number of amides is 1. The summed E-state index contributed by atoms with van der Waals surface area (Å²) in [5.41, 5.74) is 3.66. The van der Waals surface area contributed by atoms with E-state index in [4.69, 9.17) is 4.74 Å². The maximum Gasteiger partial charge on any atom is 0.337 e. The number of nitrogens with one attached hydrogen (secondary N) is 1. The molecule has 2 aromatic rings. The van der Waals surface area contributed by atoms with Crippen LogP contribution in [-0.4, -0.2) is 79.8 Å². The minimum Gasteiger partial charge on any atom is -0.466 e. The number of nitrogens with zero attached hydrogens (tertiary/aromatic N) is 3. The Bertz CT molecular complexity index is 999. The van der Waals surface area contributed by atoms with E-state index in [9.17, 15) is 14.7 Å². The lowest BCUT2D eigenvalue weighted by atomic mass is 10.2. The van der Waals surface area contributed by atoms with Gasteiger partial charge in [0.05, 0.1) is 25.8 Å². The van der Waals surface area contributed by atoms with E-state index in [1.165, 1.54) is 17.6 Å². The normalized spacial score (nSPS) is 17.0. The predicted molar refractivity (Wildman–Crippen MR) is 127 cm³/mol. The lowest BCUT2D eigenvalue weighted by Crippen LogP contribution is -2.45. The van der Waals surface area contributed by atoms with Crippen LogP contribution >= 0.6 is 0 Å². The molecule has 0 aliphatic carbocycles. The molecule has 1 saturated heterocycles. The molecule has 174 valence electrons. The first-order valence-electron chi connectivity index (χ1n) is 11.2. The summed E-state index contributed by atoms with van der Waals surface area (Å²) in [5, 5.41) is 12.3. The molecule has 8 nitrogen and oxygen atoms in total. The molecule has 4 rings (SSSR count). The van der Waals surface area contributed by atoms with E-state index < -0.39 is 5.97 Å². The van der Waals surface area contributed by atoms with Gasteiger partial charge in [-0.15, -0.1) is 0 Å². The zero-order chi connectivity index (χ0) is 23.2. The first-order chi connectivity index (χ1) is 16.1. The van der Waals surface area contributed by atoms with Crippen molar-refractivity contribution in [2.75, 3.05) is 63.2 Å². The lowest BCUT2D eigenvalue weighted by molar-refractivity contribution is -0.136. The SMILES string of the molecule is COC(=O)C1=C(Nc2ccc(N3CCN(Cc4ccccc4)CC3)cc2)C(=O)N(CCO)C1. The van der Waals surface area contributed by atoms with Crippen molar-refractivity contribution < 1.29 is 19.4 Å². The highest BCUT2D eigenvalue weighted by atomic mass is 16.5. The number of hydrogen-bond acceptors (Lipinski definition) is 7. The highest BCUT2D eigenvalue weighted by molar-refractivity contribution is 6.08. The van der Waals surface area contributed by atoms with E-state index in [1.54, 1.807) is 0 Å². The Morgan fingerprint density at radius 3 is 2.36 bits per heavy atom. The molecular weight excluding hydrogens is 420 g/mol. The third kappa shape index (κ3) is 5.35. The fraction of sp³-hybridized carbons (Fsp3) is 0.360.